The molecular weight excluding hydrogens is 298 g/mol. The molecule has 4 nitrogen and oxygen atoms in total. The molecule has 0 unspecified atom stereocenters. The van der Waals surface area contributed by atoms with Crippen LogP contribution in [0.4, 0.5) is 5.69 Å². The highest BCUT2D eigenvalue weighted by atomic mass is 35.5. The zero-order valence-electron chi connectivity index (χ0n) is 13.2. The molecular formula is C17H22ClN3O. The lowest BCUT2D eigenvalue weighted by Gasteiger charge is -2.39. The van der Waals surface area contributed by atoms with Gasteiger partial charge in [0, 0.05) is 17.8 Å². The van der Waals surface area contributed by atoms with Gasteiger partial charge in [0.2, 0.25) is 5.91 Å². The van der Waals surface area contributed by atoms with E-state index < -0.39 is 5.54 Å². The molecule has 1 aliphatic rings. The number of nitrogens with one attached hydrogen (secondary N) is 1. The van der Waals surface area contributed by atoms with Gasteiger partial charge in [-0.1, -0.05) is 30.9 Å². The average Bonchev–Trinajstić information content (AvgIpc) is 2.53. The highest BCUT2D eigenvalue weighted by molar-refractivity contribution is 6.30. The van der Waals surface area contributed by atoms with E-state index in [0.29, 0.717) is 5.02 Å². The lowest BCUT2D eigenvalue weighted by molar-refractivity contribution is -0.132. The van der Waals surface area contributed by atoms with Crippen molar-refractivity contribution < 1.29 is 4.79 Å². The Balaban J connectivity index is 2.00. The largest absolute Gasteiger partial charge is 0.376 e. The normalized spacial score (nSPS) is 16.6. The molecule has 1 fully saturated rings. The van der Waals surface area contributed by atoms with Crippen LogP contribution in [-0.2, 0) is 4.79 Å². The van der Waals surface area contributed by atoms with Gasteiger partial charge in [0.1, 0.15) is 5.54 Å². The first-order valence-corrected chi connectivity index (χ1v) is 8.04. The van der Waals surface area contributed by atoms with E-state index in [4.69, 9.17) is 11.6 Å². The minimum absolute atomic E-state index is 0.0576. The molecule has 5 heteroatoms. The van der Waals surface area contributed by atoms with E-state index in [2.05, 4.69) is 11.4 Å². The van der Waals surface area contributed by atoms with E-state index in [1.807, 2.05) is 19.1 Å². The minimum atomic E-state index is -0.633. The SMILES string of the molecule is Cc1cc(Cl)ccc1NCC(=O)N(C)C1(C#N)CCCCC1. The fourth-order valence-corrected chi connectivity index (χ4v) is 3.24. The Morgan fingerprint density at radius 3 is 2.68 bits per heavy atom. The topological polar surface area (TPSA) is 56.1 Å². The second-order valence-corrected chi connectivity index (χ2v) is 6.41. The second-order valence-electron chi connectivity index (χ2n) is 5.97. The Labute approximate surface area is 137 Å². The van der Waals surface area contributed by atoms with Crippen molar-refractivity contribution in [2.75, 3.05) is 18.9 Å². The molecule has 22 heavy (non-hydrogen) atoms. The minimum Gasteiger partial charge on any atom is -0.376 e. The summed E-state index contributed by atoms with van der Waals surface area (Å²) in [5.41, 5.74) is 1.25. The van der Waals surface area contributed by atoms with Gasteiger partial charge in [-0.2, -0.15) is 5.26 Å². The molecule has 0 aromatic heterocycles. The maximum absolute atomic E-state index is 12.4. The molecule has 1 aromatic rings. The van der Waals surface area contributed by atoms with E-state index in [9.17, 15) is 10.1 Å². The number of likely N-dealkylation sites (N-methyl/N-ethyl adjacent to an activating group) is 1. The third-order valence-electron chi connectivity index (χ3n) is 4.52. The van der Waals surface area contributed by atoms with Gasteiger partial charge in [0.25, 0.3) is 0 Å². The number of carbonyl (C=O) groups excluding carboxylic acids is 1. The maximum atomic E-state index is 12.4. The Bertz CT molecular complexity index is 588. The number of carbonyl (C=O) groups is 1. The van der Waals surface area contributed by atoms with Crippen molar-refractivity contribution >= 4 is 23.2 Å². The highest BCUT2D eigenvalue weighted by Crippen LogP contribution is 2.32. The van der Waals surface area contributed by atoms with Crippen LogP contribution in [0.25, 0.3) is 0 Å². The van der Waals surface area contributed by atoms with E-state index >= 15 is 0 Å². The number of hydrogen-bond acceptors (Lipinski definition) is 3. The van der Waals surface area contributed by atoms with Crippen LogP contribution in [0.3, 0.4) is 0 Å². The number of hydrogen-bond donors (Lipinski definition) is 1. The number of anilines is 1. The van der Waals surface area contributed by atoms with Crippen LogP contribution in [0.15, 0.2) is 18.2 Å². The summed E-state index contributed by atoms with van der Waals surface area (Å²) >= 11 is 5.93. The number of rotatable bonds is 4. The third kappa shape index (κ3) is 3.53. The Morgan fingerprint density at radius 2 is 2.09 bits per heavy atom. The molecule has 0 spiro atoms. The molecule has 0 aliphatic heterocycles. The number of amides is 1. The molecule has 118 valence electrons. The van der Waals surface area contributed by atoms with Gasteiger partial charge in [-0.25, -0.2) is 0 Å². The second kappa shape index (κ2) is 7.02. The fourth-order valence-electron chi connectivity index (χ4n) is 3.01. The van der Waals surface area contributed by atoms with E-state index in [1.165, 1.54) is 0 Å². The lowest BCUT2D eigenvalue weighted by atomic mass is 9.81. The van der Waals surface area contributed by atoms with Gasteiger partial charge in [0.05, 0.1) is 12.6 Å². The first-order valence-electron chi connectivity index (χ1n) is 7.66. The van der Waals surface area contributed by atoms with Crippen LogP contribution in [0, 0.1) is 18.3 Å². The summed E-state index contributed by atoms with van der Waals surface area (Å²) < 4.78 is 0. The van der Waals surface area contributed by atoms with Crippen molar-refractivity contribution in [3.8, 4) is 6.07 Å². The quantitative estimate of drug-likeness (QED) is 0.919. The van der Waals surface area contributed by atoms with Crippen molar-refractivity contribution in [1.82, 2.24) is 4.90 Å². The summed E-state index contributed by atoms with van der Waals surface area (Å²) in [6.45, 7) is 2.13. The van der Waals surface area contributed by atoms with Crippen molar-refractivity contribution in [2.24, 2.45) is 0 Å². The van der Waals surface area contributed by atoms with Crippen molar-refractivity contribution in [2.45, 2.75) is 44.6 Å². The monoisotopic (exact) mass is 319 g/mol. The maximum Gasteiger partial charge on any atom is 0.242 e. The predicted octanol–water partition coefficient (Wildman–Crippen LogP) is 3.75. The van der Waals surface area contributed by atoms with E-state index in [1.54, 1.807) is 18.0 Å². The molecule has 0 heterocycles. The predicted molar refractivity (Wildman–Crippen MR) is 88.9 cm³/mol. The summed E-state index contributed by atoms with van der Waals surface area (Å²) in [4.78, 5) is 14.1. The highest BCUT2D eigenvalue weighted by Gasteiger charge is 2.38. The summed E-state index contributed by atoms with van der Waals surface area (Å²) in [6.07, 6.45) is 4.70. The van der Waals surface area contributed by atoms with Gasteiger partial charge in [-0.15, -0.1) is 0 Å². The molecule has 1 saturated carbocycles. The molecule has 0 saturated heterocycles. The van der Waals surface area contributed by atoms with E-state index in [0.717, 1.165) is 43.4 Å². The number of aryl methyl sites for hydroxylation is 1. The summed E-state index contributed by atoms with van der Waals surface area (Å²) in [7, 11) is 1.74. The fraction of sp³-hybridized carbons (Fsp3) is 0.529. The number of benzene rings is 1. The first kappa shape index (κ1) is 16.6. The summed E-state index contributed by atoms with van der Waals surface area (Å²) in [6, 6.07) is 7.89. The molecule has 0 bridgehead atoms. The van der Waals surface area contributed by atoms with Gasteiger partial charge in [0.15, 0.2) is 0 Å². The summed E-state index contributed by atoms with van der Waals surface area (Å²) in [5.74, 6) is -0.0576. The van der Waals surface area contributed by atoms with Crippen molar-refractivity contribution in [3.05, 3.63) is 28.8 Å². The van der Waals surface area contributed by atoms with Crippen LogP contribution in [0.5, 0.6) is 0 Å². The van der Waals surface area contributed by atoms with Gasteiger partial charge < -0.3 is 10.2 Å². The third-order valence-corrected chi connectivity index (χ3v) is 4.76. The molecule has 1 N–H and O–H groups in total. The van der Waals surface area contributed by atoms with Crippen LogP contribution in [0.1, 0.15) is 37.7 Å². The van der Waals surface area contributed by atoms with Gasteiger partial charge >= 0.3 is 0 Å². The Kier molecular flexibility index (Phi) is 5.31. The number of nitrogens with zero attached hydrogens (tertiary/aromatic N) is 2. The van der Waals surface area contributed by atoms with E-state index in [-0.39, 0.29) is 12.5 Å². The molecule has 1 aromatic carbocycles. The van der Waals surface area contributed by atoms with Gasteiger partial charge in [-0.05, 0) is 43.5 Å². The molecule has 0 radical (unpaired) electrons. The van der Waals surface area contributed by atoms with Crippen LogP contribution in [-0.4, -0.2) is 29.9 Å². The lowest BCUT2D eigenvalue weighted by Crippen LogP contribution is -2.51. The molecule has 1 amide bonds. The average molecular weight is 320 g/mol. The first-order chi connectivity index (χ1) is 10.5. The van der Waals surface area contributed by atoms with Crippen molar-refractivity contribution in [3.63, 3.8) is 0 Å². The van der Waals surface area contributed by atoms with Crippen LogP contribution in [0.2, 0.25) is 5.02 Å². The molecule has 1 aliphatic carbocycles. The van der Waals surface area contributed by atoms with Crippen LogP contribution < -0.4 is 5.32 Å². The van der Waals surface area contributed by atoms with Crippen LogP contribution >= 0.6 is 11.6 Å². The standard InChI is InChI=1S/C17H22ClN3O/c1-13-10-14(18)6-7-15(13)20-11-16(22)21(2)17(12-19)8-4-3-5-9-17/h6-7,10,20H,3-5,8-9,11H2,1-2H3. The molecule has 2 rings (SSSR count). The van der Waals surface area contributed by atoms with Gasteiger partial charge in [-0.3, -0.25) is 4.79 Å². The summed E-state index contributed by atoms with van der Waals surface area (Å²) in [5, 5.41) is 13.4. The van der Waals surface area contributed by atoms with Crippen molar-refractivity contribution in [1.29, 1.82) is 5.26 Å². The number of halogens is 1. The Morgan fingerprint density at radius 1 is 1.41 bits per heavy atom. The number of nitriles is 1. The molecule has 0 atom stereocenters. The smallest absolute Gasteiger partial charge is 0.242 e. The zero-order chi connectivity index (χ0) is 16.2. The Hall–Kier alpha value is -1.73. The zero-order valence-corrected chi connectivity index (χ0v) is 13.9.